The molecule has 6 nitrogen and oxygen atoms in total. The quantitative estimate of drug-likeness (QED) is 0.708. The summed E-state index contributed by atoms with van der Waals surface area (Å²) in [6.45, 7) is 5.21. The maximum atomic E-state index is 11.9. The van der Waals surface area contributed by atoms with Crippen LogP contribution < -0.4 is 10.5 Å². The number of benzene rings is 1. The van der Waals surface area contributed by atoms with Gasteiger partial charge in [0, 0.05) is 13.0 Å². The summed E-state index contributed by atoms with van der Waals surface area (Å²) in [6.07, 6.45) is 0.562. The van der Waals surface area contributed by atoms with Crippen LogP contribution in [0.1, 0.15) is 32.8 Å². The highest BCUT2D eigenvalue weighted by Crippen LogP contribution is 2.38. The number of hydrogen-bond donors (Lipinski definition) is 2. The highest BCUT2D eigenvalue weighted by atomic mass is 32.2. The van der Waals surface area contributed by atoms with Gasteiger partial charge in [-0.3, -0.25) is 4.79 Å². The van der Waals surface area contributed by atoms with Crippen molar-refractivity contribution in [1.82, 2.24) is 4.72 Å². The molecule has 23 heavy (non-hydrogen) atoms. The van der Waals surface area contributed by atoms with Crippen LogP contribution in [0.15, 0.2) is 30.3 Å². The van der Waals surface area contributed by atoms with E-state index in [1.165, 1.54) is 6.92 Å². The van der Waals surface area contributed by atoms with Gasteiger partial charge < -0.3 is 10.5 Å². The van der Waals surface area contributed by atoms with E-state index < -0.39 is 33.5 Å². The van der Waals surface area contributed by atoms with Crippen molar-refractivity contribution in [3.05, 3.63) is 35.9 Å². The van der Waals surface area contributed by atoms with Gasteiger partial charge in [0.05, 0.1) is 11.4 Å². The van der Waals surface area contributed by atoms with Crippen molar-refractivity contribution >= 4 is 15.9 Å². The number of nitrogens with two attached hydrogens (primary N) is 1. The molecule has 7 heteroatoms. The maximum Gasteiger partial charge on any atom is 0.236 e. The summed E-state index contributed by atoms with van der Waals surface area (Å²) in [5.41, 5.74) is 5.51. The highest BCUT2D eigenvalue weighted by Gasteiger charge is 2.43. The van der Waals surface area contributed by atoms with E-state index in [0.717, 1.165) is 5.56 Å². The predicted octanol–water partition coefficient (Wildman–Crippen LogP) is 1.37. The zero-order valence-electron chi connectivity index (χ0n) is 14.1. The molecule has 130 valence electrons. The number of methoxy groups -OCH3 is 1. The minimum absolute atomic E-state index is 0.124. The fraction of sp³-hybridized carbons (Fsp3) is 0.562. The predicted molar refractivity (Wildman–Crippen MR) is 90.2 cm³/mol. The highest BCUT2D eigenvalue weighted by molar-refractivity contribution is 7.89. The second-order valence-corrected chi connectivity index (χ2v) is 7.55. The van der Waals surface area contributed by atoms with Crippen LogP contribution in [0, 0.1) is 5.92 Å². The Kier molecular flexibility index (Phi) is 6.73. The summed E-state index contributed by atoms with van der Waals surface area (Å²) < 4.78 is 32.0. The minimum Gasteiger partial charge on any atom is -0.373 e. The third kappa shape index (κ3) is 4.31. The molecule has 1 aromatic carbocycles. The number of hydrogen-bond acceptors (Lipinski definition) is 4. The summed E-state index contributed by atoms with van der Waals surface area (Å²) in [5, 5.41) is 0. The third-order valence-electron chi connectivity index (χ3n) is 4.38. The molecular weight excluding hydrogens is 316 g/mol. The van der Waals surface area contributed by atoms with Crippen molar-refractivity contribution in [2.24, 2.45) is 11.7 Å². The summed E-state index contributed by atoms with van der Waals surface area (Å²) in [6, 6.07) is 8.38. The number of carbonyl (C=O) groups is 1. The van der Waals surface area contributed by atoms with Crippen LogP contribution in [0.25, 0.3) is 0 Å². The minimum atomic E-state index is -3.57. The van der Waals surface area contributed by atoms with Crippen LogP contribution in [0.3, 0.4) is 0 Å². The van der Waals surface area contributed by atoms with Gasteiger partial charge in [-0.15, -0.1) is 0 Å². The van der Waals surface area contributed by atoms with Gasteiger partial charge in [-0.05, 0) is 18.9 Å². The molecule has 0 spiro atoms. The van der Waals surface area contributed by atoms with E-state index >= 15 is 0 Å². The average molecular weight is 342 g/mol. The molecule has 1 rings (SSSR count). The molecule has 0 aliphatic rings. The Morgan fingerprint density at radius 1 is 1.30 bits per heavy atom. The van der Waals surface area contributed by atoms with Crippen LogP contribution in [-0.2, 0) is 25.2 Å². The number of primary amides is 1. The van der Waals surface area contributed by atoms with E-state index in [1.54, 1.807) is 14.0 Å². The first kappa shape index (κ1) is 19.6. The molecule has 0 bridgehead atoms. The molecule has 1 amide bonds. The van der Waals surface area contributed by atoms with Crippen molar-refractivity contribution < 1.29 is 17.9 Å². The van der Waals surface area contributed by atoms with E-state index in [0.29, 0.717) is 6.42 Å². The number of nitrogens with one attached hydrogen (secondary N) is 1. The monoisotopic (exact) mass is 342 g/mol. The van der Waals surface area contributed by atoms with Gasteiger partial charge in [-0.25, -0.2) is 13.1 Å². The van der Waals surface area contributed by atoms with E-state index in [4.69, 9.17) is 10.5 Å². The molecular formula is C16H26N2O4S. The van der Waals surface area contributed by atoms with Gasteiger partial charge in [0.1, 0.15) is 6.04 Å². The molecule has 3 atom stereocenters. The van der Waals surface area contributed by atoms with Gasteiger partial charge in [0.2, 0.25) is 15.9 Å². The van der Waals surface area contributed by atoms with E-state index in [9.17, 15) is 13.2 Å². The van der Waals surface area contributed by atoms with Gasteiger partial charge in [0.25, 0.3) is 0 Å². The topological polar surface area (TPSA) is 98.5 Å². The van der Waals surface area contributed by atoms with Crippen molar-refractivity contribution in [3.63, 3.8) is 0 Å². The zero-order valence-corrected chi connectivity index (χ0v) is 14.9. The standard InChI is InChI=1S/C16H26N2O4S/c1-5-16(22-4,13-10-8-7-9-11-13)12(3)14(15(17)19)18-23(20,21)6-2/h7-12,14,18H,5-6H2,1-4H3,(H2,17,19). The normalized spacial score (nSPS) is 17.2. The Labute approximate surface area is 138 Å². The van der Waals surface area contributed by atoms with Crippen molar-refractivity contribution in [2.45, 2.75) is 38.8 Å². The molecule has 0 aromatic heterocycles. The van der Waals surface area contributed by atoms with Crippen molar-refractivity contribution in [2.75, 3.05) is 12.9 Å². The van der Waals surface area contributed by atoms with Gasteiger partial charge >= 0.3 is 0 Å². The van der Waals surface area contributed by atoms with E-state index in [2.05, 4.69) is 4.72 Å². The molecule has 0 aliphatic heterocycles. The first-order valence-corrected chi connectivity index (χ1v) is 9.29. The SMILES string of the molecule is CCC(OC)(c1ccccc1)C(C)C(NS(=O)(=O)CC)C(N)=O. The lowest BCUT2D eigenvalue weighted by Crippen LogP contribution is -2.55. The molecule has 0 fully saturated rings. The lowest BCUT2D eigenvalue weighted by atomic mass is 9.76. The fourth-order valence-electron chi connectivity index (χ4n) is 2.91. The average Bonchev–Trinajstić information content (AvgIpc) is 2.55. The van der Waals surface area contributed by atoms with Crippen LogP contribution in [0.5, 0.6) is 0 Å². The molecule has 1 aromatic rings. The summed E-state index contributed by atoms with van der Waals surface area (Å²) in [7, 11) is -2.02. The van der Waals surface area contributed by atoms with Gasteiger partial charge in [-0.2, -0.15) is 0 Å². The molecule has 0 saturated carbocycles. The number of sulfonamides is 1. The number of amides is 1. The Balaban J connectivity index is 3.31. The summed E-state index contributed by atoms with van der Waals surface area (Å²) in [4.78, 5) is 11.9. The van der Waals surface area contributed by atoms with Crippen molar-refractivity contribution in [1.29, 1.82) is 0 Å². The van der Waals surface area contributed by atoms with Crippen LogP contribution in [0.2, 0.25) is 0 Å². The second-order valence-electron chi connectivity index (χ2n) is 5.50. The van der Waals surface area contributed by atoms with Crippen LogP contribution in [0.4, 0.5) is 0 Å². The van der Waals surface area contributed by atoms with Crippen LogP contribution >= 0.6 is 0 Å². The first-order valence-electron chi connectivity index (χ1n) is 7.64. The molecule has 3 N–H and O–H groups in total. The number of rotatable bonds is 9. The Morgan fingerprint density at radius 3 is 2.26 bits per heavy atom. The van der Waals surface area contributed by atoms with E-state index in [1.807, 2.05) is 37.3 Å². The lowest BCUT2D eigenvalue weighted by Gasteiger charge is -2.40. The van der Waals surface area contributed by atoms with Gasteiger partial charge in [0.15, 0.2) is 0 Å². The number of carbonyl (C=O) groups excluding carboxylic acids is 1. The second kappa shape index (κ2) is 7.90. The summed E-state index contributed by atoms with van der Waals surface area (Å²) >= 11 is 0. The number of ether oxygens (including phenoxy) is 1. The molecule has 0 saturated heterocycles. The molecule has 0 heterocycles. The maximum absolute atomic E-state index is 11.9. The van der Waals surface area contributed by atoms with E-state index in [-0.39, 0.29) is 5.75 Å². The zero-order chi connectivity index (χ0) is 17.7. The largest absolute Gasteiger partial charge is 0.373 e. The van der Waals surface area contributed by atoms with Crippen LogP contribution in [-0.4, -0.2) is 33.2 Å². The molecule has 0 aliphatic carbocycles. The van der Waals surface area contributed by atoms with Gasteiger partial charge in [-0.1, -0.05) is 44.2 Å². The fourth-order valence-corrected chi connectivity index (χ4v) is 3.78. The smallest absolute Gasteiger partial charge is 0.236 e. The summed E-state index contributed by atoms with van der Waals surface area (Å²) in [5.74, 6) is -1.33. The molecule has 0 radical (unpaired) electrons. The Bertz CT molecular complexity index is 612. The Morgan fingerprint density at radius 2 is 1.87 bits per heavy atom. The molecule has 3 unspecified atom stereocenters. The van der Waals surface area contributed by atoms with Crippen molar-refractivity contribution in [3.8, 4) is 0 Å². The third-order valence-corrected chi connectivity index (χ3v) is 5.75. The Hall–Kier alpha value is -1.44. The lowest BCUT2D eigenvalue weighted by molar-refractivity contribution is -0.127. The first-order chi connectivity index (χ1) is 10.7.